The molecule has 1 aliphatic heterocycles. The summed E-state index contributed by atoms with van der Waals surface area (Å²) in [5, 5.41) is 0. The van der Waals surface area contributed by atoms with Gasteiger partial charge in [0.25, 0.3) is 0 Å². The normalized spacial score (nSPS) is 23.1. The molecule has 1 saturated heterocycles. The van der Waals surface area contributed by atoms with E-state index in [4.69, 9.17) is 5.73 Å². The quantitative estimate of drug-likeness (QED) is 0.709. The fraction of sp³-hybridized carbons (Fsp3) is 0.538. The molecule has 1 aromatic carbocycles. The summed E-state index contributed by atoms with van der Waals surface area (Å²) < 4.78 is 0. The van der Waals surface area contributed by atoms with Crippen LogP contribution in [0.15, 0.2) is 24.3 Å². The Kier molecular flexibility index (Phi) is 1.91. The number of hydrogen-bond donors (Lipinski definition) is 1. The second-order valence-electron chi connectivity index (χ2n) is 5.15. The Morgan fingerprint density at radius 3 is 2.20 bits per heavy atom. The lowest BCUT2D eigenvalue weighted by Crippen LogP contribution is -2.55. The van der Waals surface area contributed by atoms with E-state index in [1.165, 1.54) is 44.5 Å². The Balaban J connectivity index is 1.69. The van der Waals surface area contributed by atoms with Crippen molar-refractivity contribution in [3.63, 3.8) is 0 Å². The summed E-state index contributed by atoms with van der Waals surface area (Å²) in [5.41, 5.74) is 8.56. The molecular weight excluding hydrogens is 184 g/mol. The van der Waals surface area contributed by atoms with Crippen molar-refractivity contribution in [1.82, 2.24) is 0 Å². The van der Waals surface area contributed by atoms with E-state index in [1.807, 2.05) is 12.1 Å². The summed E-state index contributed by atoms with van der Waals surface area (Å²) in [5.74, 6) is 0. The van der Waals surface area contributed by atoms with Crippen molar-refractivity contribution in [2.45, 2.75) is 25.7 Å². The van der Waals surface area contributed by atoms with E-state index >= 15 is 0 Å². The van der Waals surface area contributed by atoms with Crippen molar-refractivity contribution < 1.29 is 0 Å². The van der Waals surface area contributed by atoms with Crippen LogP contribution in [0.3, 0.4) is 0 Å². The molecule has 2 N–H and O–H groups in total. The van der Waals surface area contributed by atoms with Crippen LogP contribution in [-0.2, 0) is 0 Å². The monoisotopic (exact) mass is 202 g/mol. The molecule has 1 aliphatic carbocycles. The number of nitrogens with zero attached hydrogens (tertiary/aromatic N) is 1. The van der Waals surface area contributed by atoms with E-state index < -0.39 is 0 Å². The molecule has 0 aromatic heterocycles. The molecule has 0 radical (unpaired) electrons. The lowest BCUT2D eigenvalue weighted by molar-refractivity contribution is 0.222. The average molecular weight is 202 g/mol. The predicted octanol–water partition coefficient (Wildman–Crippen LogP) is 2.65. The maximum atomic E-state index is 5.68. The van der Waals surface area contributed by atoms with Crippen LogP contribution in [0, 0.1) is 5.41 Å². The smallest absolute Gasteiger partial charge is 0.0368 e. The van der Waals surface area contributed by atoms with Gasteiger partial charge in [0.2, 0.25) is 0 Å². The van der Waals surface area contributed by atoms with Gasteiger partial charge in [-0.05, 0) is 37.1 Å². The predicted molar refractivity (Wildman–Crippen MR) is 64.0 cm³/mol. The molecule has 2 heteroatoms. The minimum absolute atomic E-state index is 0.682. The summed E-state index contributed by atoms with van der Waals surface area (Å²) in [7, 11) is 0. The third-order valence-electron chi connectivity index (χ3n) is 3.97. The average Bonchev–Trinajstić information content (AvgIpc) is 2.66. The van der Waals surface area contributed by atoms with E-state index in [1.54, 1.807) is 0 Å². The van der Waals surface area contributed by atoms with Gasteiger partial charge in [-0.15, -0.1) is 0 Å². The maximum Gasteiger partial charge on any atom is 0.0368 e. The van der Waals surface area contributed by atoms with Crippen molar-refractivity contribution in [3.8, 4) is 0 Å². The zero-order valence-electron chi connectivity index (χ0n) is 9.08. The van der Waals surface area contributed by atoms with Gasteiger partial charge < -0.3 is 10.6 Å². The molecule has 0 bridgehead atoms. The van der Waals surface area contributed by atoms with Gasteiger partial charge in [0.1, 0.15) is 0 Å². The molecule has 15 heavy (non-hydrogen) atoms. The molecule has 3 rings (SSSR count). The van der Waals surface area contributed by atoms with Crippen LogP contribution in [0.5, 0.6) is 0 Å². The Morgan fingerprint density at radius 2 is 1.60 bits per heavy atom. The number of hydrogen-bond acceptors (Lipinski definition) is 2. The molecular formula is C13H18N2. The van der Waals surface area contributed by atoms with Gasteiger partial charge in [0.05, 0.1) is 0 Å². The first-order valence-electron chi connectivity index (χ1n) is 5.88. The van der Waals surface area contributed by atoms with Crippen molar-refractivity contribution in [2.75, 3.05) is 23.7 Å². The van der Waals surface area contributed by atoms with Crippen molar-refractivity contribution in [2.24, 2.45) is 5.41 Å². The minimum Gasteiger partial charge on any atom is -0.399 e. The maximum absolute atomic E-state index is 5.68. The Labute approximate surface area is 91.1 Å². The van der Waals surface area contributed by atoms with Crippen LogP contribution < -0.4 is 10.6 Å². The lowest BCUT2D eigenvalue weighted by Gasteiger charge is -2.49. The molecule has 1 spiro atoms. The highest BCUT2D eigenvalue weighted by Gasteiger charge is 2.44. The number of nitrogens with two attached hydrogens (primary N) is 1. The van der Waals surface area contributed by atoms with Crippen molar-refractivity contribution in [1.29, 1.82) is 0 Å². The van der Waals surface area contributed by atoms with E-state index in [9.17, 15) is 0 Å². The van der Waals surface area contributed by atoms with Gasteiger partial charge in [0.15, 0.2) is 0 Å². The van der Waals surface area contributed by atoms with Gasteiger partial charge >= 0.3 is 0 Å². The molecule has 0 atom stereocenters. The van der Waals surface area contributed by atoms with E-state index in [0.717, 1.165) is 5.69 Å². The number of nitrogen functional groups attached to an aromatic ring is 1. The molecule has 80 valence electrons. The highest BCUT2D eigenvalue weighted by molar-refractivity contribution is 5.55. The summed E-state index contributed by atoms with van der Waals surface area (Å²) in [6.07, 6.45) is 5.77. The van der Waals surface area contributed by atoms with Gasteiger partial charge in [0, 0.05) is 29.9 Å². The Morgan fingerprint density at radius 1 is 1.00 bits per heavy atom. The zero-order valence-corrected chi connectivity index (χ0v) is 9.08. The molecule has 2 aliphatic rings. The van der Waals surface area contributed by atoms with Crippen LogP contribution in [-0.4, -0.2) is 13.1 Å². The second kappa shape index (κ2) is 3.16. The molecule has 2 nitrogen and oxygen atoms in total. The minimum atomic E-state index is 0.682. The molecule has 0 unspecified atom stereocenters. The molecule has 1 heterocycles. The first-order chi connectivity index (χ1) is 7.27. The number of benzene rings is 1. The highest BCUT2D eigenvalue weighted by atomic mass is 15.2. The van der Waals surface area contributed by atoms with Gasteiger partial charge in [-0.2, -0.15) is 0 Å². The van der Waals surface area contributed by atoms with E-state index in [-0.39, 0.29) is 0 Å². The number of anilines is 2. The molecule has 0 amide bonds. The van der Waals surface area contributed by atoms with Gasteiger partial charge in [-0.1, -0.05) is 12.8 Å². The fourth-order valence-electron chi connectivity index (χ4n) is 3.07. The summed E-state index contributed by atoms with van der Waals surface area (Å²) in [6, 6.07) is 8.26. The lowest BCUT2D eigenvalue weighted by atomic mass is 9.78. The van der Waals surface area contributed by atoms with Crippen molar-refractivity contribution >= 4 is 11.4 Å². The van der Waals surface area contributed by atoms with E-state index in [2.05, 4.69) is 17.0 Å². The molecule has 1 saturated carbocycles. The van der Waals surface area contributed by atoms with Crippen LogP contribution in [0.25, 0.3) is 0 Å². The highest BCUT2D eigenvalue weighted by Crippen LogP contribution is 2.46. The van der Waals surface area contributed by atoms with Crippen molar-refractivity contribution in [3.05, 3.63) is 24.3 Å². The summed E-state index contributed by atoms with van der Waals surface area (Å²) in [6.45, 7) is 2.52. The largest absolute Gasteiger partial charge is 0.399 e. The second-order valence-corrected chi connectivity index (χ2v) is 5.15. The summed E-state index contributed by atoms with van der Waals surface area (Å²) in [4.78, 5) is 2.48. The van der Waals surface area contributed by atoms with Crippen LogP contribution >= 0.6 is 0 Å². The Bertz CT molecular complexity index is 341. The topological polar surface area (TPSA) is 29.3 Å². The first kappa shape index (κ1) is 9.08. The third kappa shape index (κ3) is 1.48. The SMILES string of the molecule is Nc1ccc(N2CC3(CCCC3)C2)cc1. The van der Waals surface area contributed by atoms with E-state index in [0.29, 0.717) is 5.41 Å². The molecule has 1 aromatic rings. The Hall–Kier alpha value is -1.18. The van der Waals surface area contributed by atoms with Gasteiger partial charge in [-0.25, -0.2) is 0 Å². The van der Waals surface area contributed by atoms with Crippen LogP contribution in [0.1, 0.15) is 25.7 Å². The standard InChI is InChI=1S/C13H18N2/c14-11-3-5-12(6-4-11)15-9-13(10-15)7-1-2-8-13/h3-6H,1-2,7-10,14H2. The number of rotatable bonds is 1. The molecule has 2 fully saturated rings. The van der Waals surface area contributed by atoms with Gasteiger partial charge in [-0.3, -0.25) is 0 Å². The zero-order chi connectivity index (χ0) is 10.3. The first-order valence-corrected chi connectivity index (χ1v) is 5.88. The fourth-order valence-corrected chi connectivity index (χ4v) is 3.07. The summed E-state index contributed by atoms with van der Waals surface area (Å²) >= 11 is 0. The third-order valence-corrected chi connectivity index (χ3v) is 3.97. The van der Waals surface area contributed by atoms with Crippen LogP contribution in [0.2, 0.25) is 0 Å². The van der Waals surface area contributed by atoms with Crippen LogP contribution in [0.4, 0.5) is 11.4 Å².